The molecule has 0 bridgehead atoms. The molecule has 2 aromatic heterocycles. The van der Waals surface area contributed by atoms with Crippen LogP contribution in [0, 0.1) is 0 Å². The monoisotopic (exact) mass is 333 g/mol. The molecule has 0 spiro atoms. The van der Waals surface area contributed by atoms with Crippen LogP contribution < -0.4 is 0 Å². The zero-order valence-corrected chi connectivity index (χ0v) is 14.3. The van der Waals surface area contributed by atoms with E-state index in [1.807, 2.05) is 35.5 Å². The van der Waals surface area contributed by atoms with Gasteiger partial charge in [-0.3, -0.25) is 9.58 Å². The van der Waals surface area contributed by atoms with E-state index >= 15 is 0 Å². The van der Waals surface area contributed by atoms with Crippen LogP contribution in [0.5, 0.6) is 0 Å². The summed E-state index contributed by atoms with van der Waals surface area (Å²) in [6, 6.07) is 1.95. The van der Waals surface area contributed by atoms with Crippen molar-refractivity contribution in [1.29, 1.82) is 0 Å². The maximum atomic E-state index is 5.96. The molecule has 0 unspecified atom stereocenters. The molecule has 0 radical (unpaired) electrons. The summed E-state index contributed by atoms with van der Waals surface area (Å²) in [6.07, 6.45) is 8.91. The van der Waals surface area contributed by atoms with Crippen LogP contribution in [0.25, 0.3) is 0 Å². The summed E-state index contributed by atoms with van der Waals surface area (Å²) in [5.74, 6) is 0.998. The lowest BCUT2D eigenvalue weighted by Gasteiger charge is -2.23. The number of hydrogen-bond acceptors (Lipinski definition) is 6. The van der Waals surface area contributed by atoms with Gasteiger partial charge in [0.15, 0.2) is 5.16 Å². The Labute approximate surface area is 141 Å². The van der Waals surface area contributed by atoms with E-state index in [0.29, 0.717) is 0 Å². The van der Waals surface area contributed by atoms with Crippen molar-refractivity contribution in [3.63, 3.8) is 0 Å². The number of rotatable bonds is 6. The van der Waals surface area contributed by atoms with Crippen molar-refractivity contribution in [1.82, 2.24) is 24.6 Å². The molecule has 23 heavy (non-hydrogen) atoms. The first-order valence-corrected chi connectivity index (χ1v) is 9.07. The maximum absolute atomic E-state index is 5.96. The van der Waals surface area contributed by atoms with Crippen molar-refractivity contribution in [3.05, 3.63) is 36.4 Å². The molecule has 1 atom stereocenters. The molecule has 6 nitrogen and oxygen atoms in total. The molecule has 124 valence electrons. The van der Waals surface area contributed by atoms with E-state index in [2.05, 4.69) is 26.9 Å². The topological polar surface area (TPSA) is 56.1 Å². The molecule has 0 saturated carbocycles. The molecule has 1 aliphatic rings. The summed E-state index contributed by atoms with van der Waals surface area (Å²) in [6.45, 7) is 6.54. The Bertz CT molecular complexity index is 575. The van der Waals surface area contributed by atoms with Gasteiger partial charge in [-0.1, -0.05) is 18.7 Å². The first-order valence-electron chi connectivity index (χ1n) is 8.08. The van der Waals surface area contributed by atoms with E-state index in [9.17, 15) is 0 Å². The molecule has 7 heteroatoms. The lowest BCUT2D eigenvalue weighted by atomic mass is 10.2. The fourth-order valence-electron chi connectivity index (χ4n) is 2.73. The summed E-state index contributed by atoms with van der Waals surface area (Å²) >= 11 is 1.67. The maximum Gasteiger partial charge on any atom is 0.187 e. The van der Waals surface area contributed by atoms with Gasteiger partial charge in [0.1, 0.15) is 0 Å². The van der Waals surface area contributed by atoms with E-state index < -0.39 is 0 Å². The molecule has 0 aromatic carbocycles. The Balaban J connectivity index is 1.57. The zero-order chi connectivity index (χ0) is 15.9. The summed E-state index contributed by atoms with van der Waals surface area (Å²) in [5.41, 5.74) is 1.16. The third-order valence-electron chi connectivity index (χ3n) is 3.75. The average Bonchev–Trinajstić information content (AvgIpc) is 2.96. The summed E-state index contributed by atoms with van der Waals surface area (Å²) in [4.78, 5) is 11.3. The van der Waals surface area contributed by atoms with Crippen molar-refractivity contribution in [2.45, 2.75) is 37.7 Å². The summed E-state index contributed by atoms with van der Waals surface area (Å²) in [7, 11) is 0. The van der Waals surface area contributed by atoms with Gasteiger partial charge >= 0.3 is 0 Å². The van der Waals surface area contributed by atoms with Gasteiger partial charge in [0.25, 0.3) is 0 Å². The first kappa shape index (κ1) is 16.4. The van der Waals surface area contributed by atoms with E-state index in [1.165, 1.54) is 0 Å². The lowest BCUT2D eigenvalue weighted by molar-refractivity contribution is 0.0391. The van der Waals surface area contributed by atoms with Gasteiger partial charge < -0.3 is 4.74 Å². The van der Waals surface area contributed by atoms with Crippen LogP contribution in [-0.4, -0.2) is 56.2 Å². The van der Waals surface area contributed by atoms with Crippen LogP contribution in [0.3, 0.4) is 0 Å². The lowest BCUT2D eigenvalue weighted by Crippen LogP contribution is -2.34. The SMILES string of the molecule is CCSc1ncc(CN2CCCO[C@H](Cn3cccn3)C2)cn1. The van der Waals surface area contributed by atoms with Gasteiger partial charge in [-0.05, 0) is 18.2 Å². The summed E-state index contributed by atoms with van der Waals surface area (Å²) < 4.78 is 7.90. The third kappa shape index (κ3) is 5.02. The highest BCUT2D eigenvalue weighted by molar-refractivity contribution is 7.99. The molecule has 0 aliphatic carbocycles. The van der Waals surface area contributed by atoms with E-state index in [0.717, 1.165) is 55.7 Å². The Kier molecular flexibility index (Phi) is 6.01. The van der Waals surface area contributed by atoms with Crippen molar-refractivity contribution < 1.29 is 4.74 Å². The first-order chi connectivity index (χ1) is 11.3. The number of ether oxygens (including phenoxy) is 1. The van der Waals surface area contributed by atoms with Crippen LogP contribution >= 0.6 is 11.8 Å². The summed E-state index contributed by atoms with van der Waals surface area (Å²) in [5, 5.41) is 5.13. The normalized spacial score (nSPS) is 19.6. The number of hydrogen-bond donors (Lipinski definition) is 0. The van der Waals surface area contributed by atoms with Gasteiger partial charge in [-0.2, -0.15) is 5.10 Å². The van der Waals surface area contributed by atoms with Crippen LogP contribution in [0.15, 0.2) is 36.0 Å². The molecule has 1 saturated heterocycles. The average molecular weight is 333 g/mol. The Morgan fingerprint density at radius 1 is 1.35 bits per heavy atom. The van der Waals surface area contributed by atoms with Gasteiger partial charge in [0.05, 0.1) is 12.6 Å². The molecular formula is C16H23N5OS. The highest BCUT2D eigenvalue weighted by Gasteiger charge is 2.19. The smallest absolute Gasteiger partial charge is 0.187 e. The van der Waals surface area contributed by atoms with Gasteiger partial charge in [-0.25, -0.2) is 9.97 Å². The quantitative estimate of drug-likeness (QED) is 0.596. The molecule has 3 rings (SSSR count). The van der Waals surface area contributed by atoms with Crippen LogP contribution in [0.1, 0.15) is 18.9 Å². The van der Waals surface area contributed by atoms with E-state index in [1.54, 1.807) is 11.8 Å². The minimum Gasteiger partial charge on any atom is -0.375 e. The fraction of sp³-hybridized carbons (Fsp3) is 0.562. The largest absolute Gasteiger partial charge is 0.375 e. The molecule has 1 fully saturated rings. The van der Waals surface area contributed by atoms with Crippen LogP contribution in [-0.2, 0) is 17.8 Å². The van der Waals surface area contributed by atoms with E-state index in [-0.39, 0.29) is 6.10 Å². The molecule has 3 heterocycles. The van der Waals surface area contributed by atoms with Crippen molar-refractivity contribution in [2.24, 2.45) is 0 Å². The number of thioether (sulfide) groups is 1. The highest BCUT2D eigenvalue weighted by Crippen LogP contribution is 2.14. The van der Waals surface area contributed by atoms with Crippen LogP contribution in [0.4, 0.5) is 0 Å². The van der Waals surface area contributed by atoms with Gasteiger partial charge in [0, 0.05) is 56.6 Å². The van der Waals surface area contributed by atoms with Crippen molar-refractivity contribution >= 4 is 11.8 Å². The van der Waals surface area contributed by atoms with Crippen molar-refractivity contribution in [2.75, 3.05) is 25.4 Å². The zero-order valence-electron chi connectivity index (χ0n) is 13.5. The second-order valence-electron chi connectivity index (χ2n) is 5.62. The van der Waals surface area contributed by atoms with Crippen LogP contribution in [0.2, 0.25) is 0 Å². The molecule has 0 amide bonds. The Morgan fingerprint density at radius 3 is 2.96 bits per heavy atom. The second kappa shape index (κ2) is 8.42. The highest BCUT2D eigenvalue weighted by atomic mass is 32.2. The Morgan fingerprint density at radius 2 is 2.22 bits per heavy atom. The number of nitrogens with zero attached hydrogens (tertiary/aromatic N) is 5. The molecular weight excluding hydrogens is 310 g/mol. The van der Waals surface area contributed by atoms with E-state index in [4.69, 9.17) is 4.74 Å². The second-order valence-corrected chi connectivity index (χ2v) is 6.85. The molecule has 2 aromatic rings. The molecule has 1 aliphatic heterocycles. The molecule has 0 N–H and O–H groups in total. The minimum atomic E-state index is 0.174. The standard InChI is InChI=1S/C16H23N5OS/c1-2-23-16-17-9-14(10-18-16)11-20-6-4-8-22-15(12-20)13-21-7-3-5-19-21/h3,5,7,9-10,15H,2,4,6,8,11-13H2,1H3/t15-/m0/s1. The predicted octanol–water partition coefficient (Wildman–Crippen LogP) is 2.08. The minimum absolute atomic E-state index is 0.174. The predicted molar refractivity (Wildman–Crippen MR) is 90.3 cm³/mol. The number of aromatic nitrogens is 4. The van der Waals surface area contributed by atoms with Gasteiger partial charge in [0.2, 0.25) is 0 Å². The van der Waals surface area contributed by atoms with Crippen molar-refractivity contribution in [3.8, 4) is 0 Å². The third-order valence-corrected chi connectivity index (χ3v) is 4.50. The van der Waals surface area contributed by atoms with Gasteiger partial charge in [-0.15, -0.1) is 0 Å². The Hall–Kier alpha value is -1.44. The fourth-order valence-corrected chi connectivity index (χ4v) is 3.24.